The molecule has 9 heteroatoms. The van der Waals surface area contributed by atoms with Crippen molar-refractivity contribution in [3.63, 3.8) is 0 Å². The van der Waals surface area contributed by atoms with E-state index in [9.17, 15) is 8.42 Å². The Kier molecular flexibility index (Phi) is 4.73. The zero-order chi connectivity index (χ0) is 17.3. The summed E-state index contributed by atoms with van der Waals surface area (Å²) in [4.78, 5) is 8.80. The SMILES string of the molecule is CCC(C)c1ncc2cnc(NC3CCN(S(C)(=O)=O)CC3)nn12. The van der Waals surface area contributed by atoms with Crippen LogP contribution in [0.3, 0.4) is 0 Å². The number of sulfonamides is 1. The molecule has 1 fully saturated rings. The first-order valence-corrected chi connectivity index (χ1v) is 10.2. The third-order valence-electron chi connectivity index (χ3n) is 4.61. The third-order valence-corrected chi connectivity index (χ3v) is 5.92. The van der Waals surface area contributed by atoms with E-state index >= 15 is 0 Å². The van der Waals surface area contributed by atoms with Gasteiger partial charge in [0.25, 0.3) is 0 Å². The number of hydrogen-bond acceptors (Lipinski definition) is 6. The minimum atomic E-state index is -3.10. The molecule has 24 heavy (non-hydrogen) atoms. The molecule has 2 aromatic heterocycles. The number of aromatic nitrogens is 4. The van der Waals surface area contributed by atoms with E-state index in [-0.39, 0.29) is 6.04 Å². The molecular weight excluding hydrogens is 328 g/mol. The summed E-state index contributed by atoms with van der Waals surface area (Å²) in [6.07, 6.45) is 7.30. The number of imidazole rings is 1. The maximum Gasteiger partial charge on any atom is 0.241 e. The highest BCUT2D eigenvalue weighted by molar-refractivity contribution is 7.88. The topological polar surface area (TPSA) is 92.5 Å². The lowest BCUT2D eigenvalue weighted by molar-refractivity contribution is 0.331. The van der Waals surface area contributed by atoms with Crippen molar-refractivity contribution < 1.29 is 8.42 Å². The molecule has 2 aromatic rings. The van der Waals surface area contributed by atoms with Gasteiger partial charge in [-0.15, -0.1) is 5.10 Å². The molecule has 0 radical (unpaired) electrons. The number of fused-ring (bicyclic) bond motifs is 1. The van der Waals surface area contributed by atoms with Crippen LogP contribution in [-0.4, -0.2) is 57.7 Å². The molecule has 0 spiro atoms. The van der Waals surface area contributed by atoms with Crippen LogP contribution in [0.1, 0.15) is 44.9 Å². The fourth-order valence-corrected chi connectivity index (χ4v) is 3.79. The van der Waals surface area contributed by atoms with E-state index in [2.05, 4.69) is 34.2 Å². The summed E-state index contributed by atoms with van der Waals surface area (Å²) in [6, 6.07) is 0.177. The van der Waals surface area contributed by atoms with Crippen molar-refractivity contribution in [3.05, 3.63) is 18.2 Å². The van der Waals surface area contributed by atoms with Gasteiger partial charge in [-0.25, -0.2) is 27.2 Å². The van der Waals surface area contributed by atoms with E-state index < -0.39 is 10.0 Å². The van der Waals surface area contributed by atoms with E-state index in [0.29, 0.717) is 25.0 Å². The van der Waals surface area contributed by atoms with Gasteiger partial charge < -0.3 is 5.32 Å². The number of rotatable bonds is 5. The second-order valence-electron chi connectivity index (χ2n) is 6.42. The Hall–Kier alpha value is -1.74. The maximum absolute atomic E-state index is 11.6. The molecule has 1 aliphatic heterocycles. The molecule has 0 amide bonds. The number of piperidine rings is 1. The smallest absolute Gasteiger partial charge is 0.241 e. The Bertz CT molecular complexity index is 810. The highest BCUT2D eigenvalue weighted by Gasteiger charge is 2.25. The molecule has 3 rings (SSSR count). The van der Waals surface area contributed by atoms with Crippen molar-refractivity contribution in [2.24, 2.45) is 0 Å². The Balaban J connectivity index is 1.72. The number of nitrogens with zero attached hydrogens (tertiary/aromatic N) is 5. The van der Waals surface area contributed by atoms with Crippen molar-refractivity contribution in [3.8, 4) is 0 Å². The molecule has 1 atom stereocenters. The zero-order valence-corrected chi connectivity index (χ0v) is 15.1. The minimum absolute atomic E-state index is 0.177. The van der Waals surface area contributed by atoms with Crippen molar-refractivity contribution in [2.45, 2.75) is 45.1 Å². The van der Waals surface area contributed by atoms with Crippen LogP contribution in [0.2, 0.25) is 0 Å². The molecular formula is C15H24N6O2S. The van der Waals surface area contributed by atoms with Crippen LogP contribution in [0.5, 0.6) is 0 Å². The number of nitrogens with one attached hydrogen (secondary N) is 1. The lowest BCUT2D eigenvalue weighted by Crippen LogP contribution is -2.42. The number of hydrogen-bond donors (Lipinski definition) is 1. The van der Waals surface area contributed by atoms with Crippen LogP contribution < -0.4 is 5.32 Å². The minimum Gasteiger partial charge on any atom is -0.350 e. The Morgan fingerprint density at radius 1 is 1.29 bits per heavy atom. The van der Waals surface area contributed by atoms with E-state index in [0.717, 1.165) is 30.6 Å². The molecule has 1 saturated heterocycles. The lowest BCUT2D eigenvalue weighted by Gasteiger charge is -2.30. The summed E-state index contributed by atoms with van der Waals surface area (Å²) >= 11 is 0. The molecule has 0 saturated carbocycles. The fourth-order valence-electron chi connectivity index (χ4n) is 2.92. The molecule has 0 bridgehead atoms. The average molecular weight is 352 g/mol. The second-order valence-corrected chi connectivity index (χ2v) is 8.41. The van der Waals surface area contributed by atoms with Gasteiger partial charge in [-0.1, -0.05) is 13.8 Å². The van der Waals surface area contributed by atoms with Crippen LogP contribution in [0.25, 0.3) is 5.52 Å². The van der Waals surface area contributed by atoms with Crippen LogP contribution in [0.15, 0.2) is 12.4 Å². The summed E-state index contributed by atoms with van der Waals surface area (Å²) in [5, 5.41) is 7.89. The van der Waals surface area contributed by atoms with Gasteiger partial charge in [0.15, 0.2) is 0 Å². The molecule has 1 aliphatic rings. The Labute approximate surface area is 142 Å². The summed E-state index contributed by atoms with van der Waals surface area (Å²) < 4.78 is 26.5. The van der Waals surface area contributed by atoms with Gasteiger partial charge >= 0.3 is 0 Å². The predicted octanol–water partition coefficient (Wildman–Crippen LogP) is 1.47. The summed E-state index contributed by atoms with van der Waals surface area (Å²) in [5.41, 5.74) is 0.878. The van der Waals surface area contributed by atoms with Crippen molar-refractivity contribution >= 4 is 21.5 Å². The summed E-state index contributed by atoms with van der Waals surface area (Å²) in [6.45, 7) is 5.32. The highest BCUT2D eigenvalue weighted by atomic mass is 32.2. The van der Waals surface area contributed by atoms with E-state index in [4.69, 9.17) is 0 Å². The normalized spacial score (nSPS) is 18.8. The summed E-state index contributed by atoms with van der Waals surface area (Å²) in [7, 11) is -3.10. The van der Waals surface area contributed by atoms with Crippen molar-refractivity contribution in [1.82, 2.24) is 23.9 Å². The number of anilines is 1. The molecule has 132 valence electrons. The lowest BCUT2D eigenvalue weighted by atomic mass is 10.1. The van der Waals surface area contributed by atoms with Crippen LogP contribution in [-0.2, 0) is 10.0 Å². The maximum atomic E-state index is 11.6. The van der Waals surface area contributed by atoms with Gasteiger partial charge in [0, 0.05) is 25.0 Å². The molecule has 0 aliphatic carbocycles. The van der Waals surface area contributed by atoms with Crippen LogP contribution >= 0.6 is 0 Å². The fraction of sp³-hybridized carbons (Fsp3) is 0.667. The molecule has 8 nitrogen and oxygen atoms in total. The van der Waals surface area contributed by atoms with E-state index in [1.165, 1.54) is 10.6 Å². The average Bonchev–Trinajstić information content (AvgIpc) is 2.97. The van der Waals surface area contributed by atoms with Gasteiger partial charge in [0.2, 0.25) is 16.0 Å². The first-order valence-electron chi connectivity index (χ1n) is 8.30. The second kappa shape index (κ2) is 6.64. The molecule has 1 N–H and O–H groups in total. The van der Waals surface area contributed by atoms with Crippen molar-refractivity contribution in [1.29, 1.82) is 0 Å². The summed E-state index contributed by atoms with van der Waals surface area (Å²) in [5.74, 6) is 1.82. The van der Waals surface area contributed by atoms with Gasteiger partial charge in [-0.3, -0.25) is 0 Å². The highest BCUT2D eigenvalue weighted by Crippen LogP contribution is 2.20. The van der Waals surface area contributed by atoms with E-state index in [1.807, 2.05) is 4.52 Å². The van der Waals surface area contributed by atoms with Crippen LogP contribution in [0, 0.1) is 0 Å². The largest absolute Gasteiger partial charge is 0.350 e. The first kappa shape index (κ1) is 17.1. The molecule has 1 unspecified atom stereocenters. The third kappa shape index (κ3) is 3.51. The monoisotopic (exact) mass is 352 g/mol. The van der Waals surface area contributed by atoms with Gasteiger partial charge in [-0.2, -0.15) is 0 Å². The Morgan fingerprint density at radius 3 is 2.58 bits per heavy atom. The first-order chi connectivity index (χ1) is 11.4. The molecule has 0 aromatic carbocycles. The Morgan fingerprint density at radius 2 is 1.96 bits per heavy atom. The standard InChI is InChI=1S/C15H24N6O2S/c1-4-11(2)14-16-9-13-10-17-15(19-21(13)14)18-12-5-7-20(8-6-12)24(3,22)23/h9-12H,4-8H2,1-3H3,(H,18,19). The van der Waals surface area contributed by atoms with Crippen LogP contribution in [0.4, 0.5) is 5.95 Å². The van der Waals surface area contributed by atoms with Gasteiger partial charge in [0.1, 0.15) is 11.3 Å². The van der Waals surface area contributed by atoms with Gasteiger partial charge in [0.05, 0.1) is 18.6 Å². The van der Waals surface area contributed by atoms with Crippen molar-refractivity contribution in [2.75, 3.05) is 24.7 Å². The van der Waals surface area contributed by atoms with E-state index in [1.54, 1.807) is 12.4 Å². The quantitative estimate of drug-likeness (QED) is 0.876. The molecule has 3 heterocycles. The predicted molar refractivity (Wildman–Crippen MR) is 92.5 cm³/mol. The zero-order valence-electron chi connectivity index (χ0n) is 14.3. The van der Waals surface area contributed by atoms with Gasteiger partial charge in [-0.05, 0) is 19.3 Å².